The van der Waals surface area contributed by atoms with Gasteiger partial charge in [-0.2, -0.15) is 0 Å². The highest BCUT2D eigenvalue weighted by Crippen LogP contribution is 2.27. The number of carbonyl (C=O) groups is 1. The zero-order chi connectivity index (χ0) is 20.9. The lowest BCUT2D eigenvalue weighted by molar-refractivity contribution is 0.0953. The average molecular weight is 426 g/mol. The summed E-state index contributed by atoms with van der Waals surface area (Å²) < 4.78 is 10.9. The van der Waals surface area contributed by atoms with Crippen LogP contribution in [0.1, 0.15) is 62.2 Å². The Morgan fingerprint density at radius 1 is 1.20 bits per heavy atom. The minimum Gasteiger partial charge on any atom is -0.489 e. The summed E-state index contributed by atoms with van der Waals surface area (Å²) in [5.41, 5.74) is 3.73. The predicted octanol–water partition coefficient (Wildman–Crippen LogP) is 4.57. The molecule has 0 fully saturated rings. The van der Waals surface area contributed by atoms with Crippen molar-refractivity contribution < 1.29 is 14.1 Å². The Labute approximate surface area is 180 Å². The first-order valence-corrected chi connectivity index (χ1v) is 11.3. The molecule has 1 N–H and O–H groups in total. The molecule has 2 heterocycles. The van der Waals surface area contributed by atoms with E-state index in [2.05, 4.69) is 10.5 Å². The second kappa shape index (κ2) is 9.43. The summed E-state index contributed by atoms with van der Waals surface area (Å²) in [5, 5.41) is 8.13. The Morgan fingerprint density at radius 2 is 2.00 bits per heavy atom. The fraction of sp³-hybridized carbons (Fsp3) is 0.435. The molecule has 1 amide bonds. The van der Waals surface area contributed by atoms with Gasteiger partial charge in [-0.25, -0.2) is 4.98 Å². The molecule has 4 rings (SSSR count). The summed E-state index contributed by atoms with van der Waals surface area (Å²) in [4.78, 5) is 18.6. The lowest BCUT2D eigenvalue weighted by Gasteiger charge is -2.08. The highest BCUT2D eigenvalue weighted by atomic mass is 32.1. The molecule has 0 spiro atoms. The van der Waals surface area contributed by atoms with Crippen LogP contribution in [0.3, 0.4) is 0 Å². The summed E-state index contributed by atoms with van der Waals surface area (Å²) in [7, 11) is 0. The van der Waals surface area contributed by atoms with Crippen molar-refractivity contribution in [2.24, 2.45) is 0 Å². The van der Waals surface area contributed by atoms with Crippen LogP contribution in [0.15, 0.2) is 28.8 Å². The predicted molar refractivity (Wildman–Crippen MR) is 116 cm³/mol. The maximum absolute atomic E-state index is 12.4. The summed E-state index contributed by atoms with van der Waals surface area (Å²) in [6.45, 7) is 4.81. The lowest BCUT2D eigenvalue weighted by Crippen LogP contribution is -2.24. The molecule has 7 heteroatoms. The van der Waals surface area contributed by atoms with Crippen molar-refractivity contribution in [3.8, 4) is 5.75 Å². The average Bonchev–Trinajstić information content (AvgIpc) is 3.32. The third-order valence-electron chi connectivity index (χ3n) is 5.42. The molecule has 1 aromatic carbocycles. The fourth-order valence-electron chi connectivity index (χ4n) is 3.62. The molecule has 0 saturated carbocycles. The maximum atomic E-state index is 12.4. The van der Waals surface area contributed by atoms with Gasteiger partial charge in [0.1, 0.15) is 18.1 Å². The first kappa shape index (κ1) is 20.6. The van der Waals surface area contributed by atoms with Crippen molar-refractivity contribution in [3.05, 3.63) is 62.4 Å². The van der Waals surface area contributed by atoms with E-state index in [1.807, 2.05) is 37.3 Å². The third-order valence-corrected chi connectivity index (χ3v) is 6.64. The van der Waals surface area contributed by atoms with E-state index in [0.717, 1.165) is 36.3 Å². The van der Waals surface area contributed by atoms with Crippen molar-refractivity contribution in [1.29, 1.82) is 0 Å². The topological polar surface area (TPSA) is 77.2 Å². The Kier molecular flexibility index (Phi) is 6.47. The van der Waals surface area contributed by atoms with Crippen molar-refractivity contribution in [2.45, 2.75) is 59.0 Å². The van der Waals surface area contributed by atoms with E-state index < -0.39 is 0 Å². The minimum atomic E-state index is -0.0642. The van der Waals surface area contributed by atoms with Gasteiger partial charge < -0.3 is 14.6 Å². The number of hydrogen-bond acceptors (Lipinski definition) is 6. The SMILES string of the molecule is Cc1noc(C)c1COc1ccc(C(=O)NCCCc2nc3c(s2)CCCC3)cc1. The first-order valence-electron chi connectivity index (χ1n) is 10.5. The molecule has 0 bridgehead atoms. The van der Waals surface area contributed by atoms with Crippen LogP contribution >= 0.6 is 11.3 Å². The Morgan fingerprint density at radius 3 is 2.73 bits per heavy atom. The van der Waals surface area contributed by atoms with Crippen LogP contribution < -0.4 is 10.1 Å². The Bertz CT molecular complexity index is 964. The quantitative estimate of drug-likeness (QED) is 0.535. The van der Waals surface area contributed by atoms with Gasteiger partial charge in [-0.3, -0.25) is 4.79 Å². The number of amides is 1. The molecule has 6 nitrogen and oxygen atoms in total. The van der Waals surface area contributed by atoms with Gasteiger partial charge in [0.25, 0.3) is 5.91 Å². The molecule has 2 aromatic heterocycles. The number of ether oxygens (including phenoxy) is 1. The number of nitrogens with one attached hydrogen (secondary N) is 1. The normalized spacial score (nSPS) is 13.1. The zero-order valence-corrected chi connectivity index (χ0v) is 18.3. The molecule has 0 saturated heterocycles. The molecule has 0 atom stereocenters. The van der Waals surface area contributed by atoms with Crippen molar-refractivity contribution in [2.75, 3.05) is 6.54 Å². The molecule has 0 radical (unpaired) electrons. The summed E-state index contributed by atoms with van der Waals surface area (Å²) >= 11 is 1.85. The number of fused-ring (bicyclic) bond motifs is 1. The van der Waals surface area contributed by atoms with Crippen molar-refractivity contribution in [1.82, 2.24) is 15.5 Å². The second-order valence-electron chi connectivity index (χ2n) is 7.66. The van der Waals surface area contributed by atoms with Gasteiger partial charge in [0.05, 0.1) is 22.0 Å². The second-order valence-corrected chi connectivity index (χ2v) is 8.83. The summed E-state index contributed by atoms with van der Waals surface area (Å²) in [6.07, 6.45) is 6.68. The molecule has 1 aliphatic rings. The number of benzene rings is 1. The van der Waals surface area contributed by atoms with E-state index >= 15 is 0 Å². The zero-order valence-electron chi connectivity index (χ0n) is 17.5. The van der Waals surface area contributed by atoms with Gasteiger partial charge >= 0.3 is 0 Å². The Hall–Kier alpha value is -2.67. The highest BCUT2D eigenvalue weighted by Gasteiger charge is 2.15. The molecule has 30 heavy (non-hydrogen) atoms. The number of aryl methyl sites for hydroxylation is 5. The van der Waals surface area contributed by atoms with Crippen LogP contribution in [0, 0.1) is 13.8 Å². The van der Waals surface area contributed by atoms with Crippen molar-refractivity contribution >= 4 is 17.2 Å². The van der Waals surface area contributed by atoms with Crippen LogP contribution in [-0.4, -0.2) is 22.6 Å². The van der Waals surface area contributed by atoms with Crippen LogP contribution in [0.4, 0.5) is 0 Å². The molecular weight excluding hydrogens is 398 g/mol. The Balaban J connectivity index is 1.21. The molecular formula is C23H27N3O3S. The van der Waals surface area contributed by atoms with Gasteiger partial charge in [-0.15, -0.1) is 11.3 Å². The van der Waals surface area contributed by atoms with E-state index in [9.17, 15) is 4.79 Å². The number of rotatable bonds is 8. The summed E-state index contributed by atoms with van der Waals surface area (Å²) in [6, 6.07) is 7.19. The minimum absolute atomic E-state index is 0.0642. The van der Waals surface area contributed by atoms with Crippen LogP contribution in [-0.2, 0) is 25.9 Å². The number of hydrogen-bond donors (Lipinski definition) is 1. The molecule has 0 aliphatic heterocycles. The van der Waals surface area contributed by atoms with E-state index in [-0.39, 0.29) is 5.91 Å². The van der Waals surface area contributed by atoms with Gasteiger partial charge in [0.15, 0.2) is 0 Å². The standard InChI is InChI=1S/C23H27N3O3S/c1-15-19(16(2)29-26-15)14-28-18-11-9-17(10-12-18)23(27)24-13-5-8-22-25-20-6-3-4-7-21(20)30-22/h9-12H,3-8,13-14H2,1-2H3,(H,24,27). The largest absolute Gasteiger partial charge is 0.489 e. The number of nitrogens with zero attached hydrogens (tertiary/aromatic N) is 2. The third kappa shape index (κ3) is 4.90. The van der Waals surface area contributed by atoms with Crippen LogP contribution in [0.5, 0.6) is 5.75 Å². The summed E-state index contributed by atoms with van der Waals surface area (Å²) in [5.74, 6) is 1.41. The molecule has 158 valence electrons. The van der Waals surface area contributed by atoms with E-state index in [0.29, 0.717) is 24.5 Å². The highest BCUT2D eigenvalue weighted by molar-refractivity contribution is 7.11. The molecule has 0 unspecified atom stereocenters. The van der Waals surface area contributed by atoms with Gasteiger partial charge in [-0.1, -0.05) is 5.16 Å². The van der Waals surface area contributed by atoms with Crippen LogP contribution in [0.2, 0.25) is 0 Å². The number of aromatic nitrogens is 2. The van der Waals surface area contributed by atoms with E-state index in [1.54, 1.807) is 12.1 Å². The van der Waals surface area contributed by atoms with E-state index in [4.69, 9.17) is 14.2 Å². The fourth-order valence-corrected chi connectivity index (χ4v) is 4.82. The van der Waals surface area contributed by atoms with E-state index in [1.165, 1.54) is 34.8 Å². The first-order chi connectivity index (χ1) is 14.6. The monoisotopic (exact) mass is 425 g/mol. The number of carbonyl (C=O) groups excluding carboxylic acids is 1. The lowest BCUT2D eigenvalue weighted by atomic mass is 10.0. The van der Waals surface area contributed by atoms with Gasteiger partial charge in [-0.05, 0) is 70.2 Å². The molecule has 3 aromatic rings. The number of thiazole rings is 1. The molecule has 1 aliphatic carbocycles. The maximum Gasteiger partial charge on any atom is 0.251 e. The van der Waals surface area contributed by atoms with Gasteiger partial charge in [0, 0.05) is 23.4 Å². The van der Waals surface area contributed by atoms with Crippen molar-refractivity contribution in [3.63, 3.8) is 0 Å². The smallest absolute Gasteiger partial charge is 0.251 e. The van der Waals surface area contributed by atoms with Crippen LogP contribution in [0.25, 0.3) is 0 Å². The van der Waals surface area contributed by atoms with Gasteiger partial charge in [0.2, 0.25) is 0 Å².